The summed E-state index contributed by atoms with van der Waals surface area (Å²) in [5, 5.41) is 0. The molecule has 1 heterocycles. The topological polar surface area (TPSA) is 75.9 Å². The van der Waals surface area contributed by atoms with E-state index < -0.39 is 0 Å². The van der Waals surface area contributed by atoms with Gasteiger partial charge in [0.2, 0.25) is 5.91 Å². The highest BCUT2D eigenvalue weighted by Crippen LogP contribution is 2.21. The molecule has 0 aliphatic carbocycles. The van der Waals surface area contributed by atoms with E-state index in [2.05, 4.69) is 15.9 Å². The standard InChI is InChI=1S/C14H18BrN3O3/c1-21-9-13(19)17-4-6-18(7-5-17)14(20)11-8-10(16)2-3-12(11)15/h2-3,8H,4-7,9,16H2,1H3. The van der Waals surface area contributed by atoms with E-state index in [9.17, 15) is 9.59 Å². The largest absolute Gasteiger partial charge is 0.399 e. The van der Waals surface area contributed by atoms with Crippen LogP contribution >= 0.6 is 15.9 Å². The van der Waals surface area contributed by atoms with E-state index in [1.165, 1.54) is 7.11 Å². The van der Waals surface area contributed by atoms with Crippen molar-refractivity contribution in [2.45, 2.75) is 0 Å². The minimum atomic E-state index is -0.0759. The van der Waals surface area contributed by atoms with Crippen molar-refractivity contribution in [1.29, 1.82) is 0 Å². The molecule has 0 radical (unpaired) electrons. The SMILES string of the molecule is COCC(=O)N1CCN(C(=O)c2cc(N)ccc2Br)CC1. The van der Waals surface area contributed by atoms with Crippen LogP contribution in [0.1, 0.15) is 10.4 Å². The van der Waals surface area contributed by atoms with Gasteiger partial charge >= 0.3 is 0 Å². The van der Waals surface area contributed by atoms with Gasteiger partial charge in [0.1, 0.15) is 6.61 Å². The molecule has 0 atom stereocenters. The summed E-state index contributed by atoms with van der Waals surface area (Å²) in [6, 6.07) is 5.16. The van der Waals surface area contributed by atoms with Crippen molar-refractivity contribution < 1.29 is 14.3 Å². The van der Waals surface area contributed by atoms with Gasteiger partial charge in [0.05, 0.1) is 5.56 Å². The Morgan fingerprint density at radius 3 is 2.48 bits per heavy atom. The number of benzene rings is 1. The summed E-state index contributed by atoms with van der Waals surface area (Å²) in [7, 11) is 1.50. The molecule has 21 heavy (non-hydrogen) atoms. The molecule has 1 aliphatic rings. The Kier molecular flexibility index (Phi) is 5.19. The van der Waals surface area contributed by atoms with Gasteiger partial charge < -0.3 is 20.3 Å². The van der Waals surface area contributed by atoms with E-state index in [-0.39, 0.29) is 18.4 Å². The number of carbonyl (C=O) groups excluding carboxylic acids is 2. The number of nitrogens with zero attached hydrogens (tertiary/aromatic N) is 2. The van der Waals surface area contributed by atoms with Crippen LogP contribution in [0.2, 0.25) is 0 Å². The molecule has 1 aromatic carbocycles. The second-order valence-corrected chi connectivity index (χ2v) is 5.70. The van der Waals surface area contributed by atoms with E-state index in [1.807, 2.05) is 0 Å². The van der Waals surface area contributed by atoms with Gasteiger partial charge in [-0.1, -0.05) is 0 Å². The number of methoxy groups -OCH3 is 1. The monoisotopic (exact) mass is 355 g/mol. The van der Waals surface area contributed by atoms with Crippen molar-refractivity contribution in [2.75, 3.05) is 45.6 Å². The highest BCUT2D eigenvalue weighted by molar-refractivity contribution is 9.10. The van der Waals surface area contributed by atoms with E-state index in [4.69, 9.17) is 10.5 Å². The maximum Gasteiger partial charge on any atom is 0.255 e. The molecular weight excluding hydrogens is 338 g/mol. The Bertz CT molecular complexity index is 542. The third kappa shape index (κ3) is 3.74. The minimum absolute atomic E-state index is 0.0465. The van der Waals surface area contributed by atoms with E-state index in [0.29, 0.717) is 37.4 Å². The van der Waals surface area contributed by atoms with Crippen LogP contribution < -0.4 is 5.73 Å². The number of anilines is 1. The number of halogens is 1. The molecule has 2 rings (SSSR count). The summed E-state index contributed by atoms with van der Waals surface area (Å²) in [6.45, 7) is 2.14. The average molecular weight is 356 g/mol. The van der Waals surface area contributed by atoms with Gasteiger partial charge in [-0.05, 0) is 34.1 Å². The summed E-state index contributed by atoms with van der Waals surface area (Å²) in [4.78, 5) is 27.6. The third-order valence-corrected chi connectivity index (χ3v) is 4.10. The number of piperazine rings is 1. The van der Waals surface area contributed by atoms with Gasteiger partial charge in [-0.25, -0.2) is 0 Å². The van der Waals surface area contributed by atoms with Gasteiger partial charge in [0, 0.05) is 43.4 Å². The molecule has 6 nitrogen and oxygen atoms in total. The van der Waals surface area contributed by atoms with Crippen molar-refractivity contribution in [3.05, 3.63) is 28.2 Å². The first-order valence-corrected chi connectivity index (χ1v) is 7.43. The number of nitrogen functional groups attached to an aromatic ring is 1. The first kappa shape index (κ1) is 15.8. The van der Waals surface area contributed by atoms with Crippen LogP contribution in [0, 0.1) is 0 Å². The highest BCUT2D eigenvalue weighted by atomic mass is 79.9. The fraction of sp³-hybridized carbons (Fsp3) is 0.429. The number of hydrogen-bond acceptors (Lipinski definition) is 4. The molecule has 2 N–H and O–H groups in total. The first-order chi connectivity index (χ1) is 10.0. The van der Waals surface area contributed by atoms with E-state index >= 15 is 0 Å². The number of amides is 2. The van der Waals surface area contributed by atoms with Crippen LogP contribution in [0.4, 0.5) is 5.69 Å². The fourth-order valence-corrected chi connectivity index (χ4v) is 2.67. The smallest absolute Gasteiger partial charge is 0.255 e. The summed E-state index contributed by atoms with van der Waals surface area (Å²) in [6.07, 6.45) is 0. The Morgan fingerprint density at radius 2 is 1.86 bits per heavy atom. The van der Waals surface area contributed by atoms with Crippen molar-refractivity contribution >= 4 is 33.4 Å². The molecular formula is C14H18BrN3O3. The predicted molar refractivity (Wildman–Crippen MR) is 82.9 cm³/mol. The van der Waals surface area contributed by atoms with Crippen LogP contribution in [0.3, 0.4) is 0 Å². The Morgan fingerprint density at radius 1 is 1.24 bits per heavy atom. The van der Waals surface area contributed by atoms with E-state index in [0.717, 1.165) is 4.47 Å². The second-order valence-electron chi connectivity index (χ2n) is 4.85. The predicted octanol–water partition coefficient (Wildman–Crippen LogP) is 0.962. The van der Waals surface area contributed by atoms with Crippen LogP contribution in [0.5, 0.6) is 0 Å². The number of rotatable bonds is 3. The van der Waals surface area contributed by atoms with Gasteiger partial charge in [0.25, 0.3) is 5.91 Å². The number of carbonyl (C=O) groups is 2. The zero-order valence-corrected chi connectivity index (χ0v) is 13.4. The normalized spacial score (nSPS) is 15.1. The zero-order chi connectivity index (χ0) is 15.4. The van der Waals surface area contributed by atoms with Crippen molar-refractivity contribution in [1.82, 2.24) is 9.80 Å². The van der Waals surface area contributed by atoms with Gasteiger partial charge in [0.15, 0.2) is 0 Å². The molecule has 7 heteroatoms. The van der Waals surface area contributed by atoms with Crippen LogP contribution in [0.15, 0.2) is 22.7 Å². The van der Waals surface area contributed by atoms with Gasteiger partial charge in [-0.3, -0.25) is 9.59 Å². The van der Waals surface area contributed by atoms with E-state index in [1.54, 1.807) is 28.0 Å². The highest BCUT2D eigenvalue weighted by Gasteiger charge is 2.25. The molecule has 0 bridgehead atoms. The summed E-state index contributed by atoms with van der Waals surface area (Å²) >= 11 is 3.37. The number of hydrogen-bond donors (Lipinski definition) is 1. The second kappa shape index (κ2) is 6.91. The quantitative estimate of drug-likeness (QED) is 0.819. The lowest BCUT2D eigenvalue weighted by Crippen LogP contribution is -2.51. The molecule has 0 spiro atoms. The summed E-state index contributed by atoms with van der Waals surface area (Å²) < 4.78 is 5.56. The number of ether oxygens (including phenoxy) is 1. The zero-order valence-electron chi connectivity index (χ0n) is 11.8. The van der Waals surface area contributed by atoms with Crippen molar-refractivity contribution in [3.63, 3.8) is 0 Å². The first-order valence-electron chi connectivity index (χ1n) is 6.64. The molecule has 114 valence electrons. The fourth-order valence-electron chi connectivity index (χ4n) is 2.25. The lowest BCUT2D eigenvalue weighted by Gasteiger charge is -2.34. The molecule has 1 saturated heterocycles. The van der Waals surface area contributed by atoms with Gasteiger partial charge in [-0.15, -0.1) is 0 Å². The van der Waals surface area contributed by atoms with Crippen molar-refractivity contribution in [2.24, 2.45) is 0 Å². The lowest BCUT2D eigenvalue weighted by atomic mass is 10.1. The van der Waals surface area contributed by atoms with Crippen molar-refractivity contribution in [3.8, 4) is 0 Å². The van der Waals surface area contributed by atoms with Crippen LogP contribution in [0.25, 0.3) is 0 Å². The minimum Gasteiger partial charge on any atom is -0.399 e. The summed E-state index contributed by atoms with van der Waals surface area (Å²) in [5.74, 6) is -0.122. The molecule has 1 fully saturated rings. The molecule has 1 aromatic rings. The summed E-state index contributed by atoms with van der Waals surface area (Å²) in [5.41, 5.74) is 6.83. The van der Waals surface area contributed by atoms with Crippen LogP contribution in [-0.2, 0) is 9.53 Å². The Hall–Kier alpha value is -1.60. The maximum atomic E-state index is 12.5. The Balaban J connectivity index is 2.00. The molecule has 2 amide bonds. The lowest BCUT2D eigenvalue weighted by molar-refractivity contribution is -0.136. The molecule has 1 aliphatic heterocycles. The molecule has 0 unspecified atom stereocenters. The molecule has 0 saturated carbocycles. The average Bonchev–Trinajstić information content (AvgIpc) is 2.49. The molecule has 0 aromatic heterocycles. The number of nitrogens with two attached hydrogens (primary N) is 1. The van der Waals surface area contributed by atoms with Gasteiger partial charge in [-0.2, -0.15) is 0 Å². The maximum absolute atomic E-state index is 12.5. The van der Waals surface area contributed by atoms with Crippen LogP contribution in [-0.4, -0.2) is 61.5 Å². The Labute approximate surface area is 132 Å². The third-order valence-electron chi connectivity index (χ3n) is 3.41.